The average Bonchev–Trinajstić information content (AvgIpc) is 3.20. The summed E-state index contributed by atoms with van der Waals surface area (Å²) in [5, 5.41) is 1.06. The highest BCUT2D eigenvalue weighted by Gasteiger charge is 2.24. The van der Waals surface area contributed by atoms with E-state index in [0.29, 0.717) is 5.82 Å². The molecular weight excluding hydrogens is 427 g/mol. The second kappa shape index (κ2) is 9.00. The van der Waals surface area contributed by atoms with Crippen molar-refractivity contribution in [1.29, 1.82) is 0 Å². The molecule has 0 aliphatic rings. The Balaban J connectivity index is 1.59. The Morgan fingerprint density at radius 1 is 1.12 bits per heavy atom. The molecule has 0 aromatic carbocycles. The number of nitrogens with zero attached hydrogens (tertiary/aromatic N) is 4. The topological polar surface area (TPSA) is 68.2 Å². The SMILES string of the molecule is CC(C)(C)OC(=O)N(CCF)c1ccc(-c2ccc3cc(-c4cccnc4)sc3n2)cn1. The quantitative estimate of drug-likeness (QED) is 0.366. The molecule has 4 rings (SSSR count). The molecule has 1 amide bonds. The first kappa shape index (κ1) is 21.8. The van der Waals surface area contributed by atoms with Crippen LogP contribution in [0.2, 0.25) is 0 Å². The van der Waals surface area contributed by atoms with E-state index in [9.17, 15) is 9.18 Å². The second-order valence-corrected chi connectivity index (χ2v) is 9.20. The third-order valence-electron chi connectivity index (χ3n) is 4.57. The summed E-state index contributed by atoms with van der Waals surface area (Å²) in [4.78, 5) is 29.0. The van der Waals surface area contributed by atoms with Crippen molar-refractivity contribution in [3.05, 3.63) is 61.1 Å². The Kier molecular flexibility index (Phi) is 6.14. The maximum absolute atomic E-state index is 13.0. The number of carbonyl (C=O) groups excluding carboxylic acids is 1. The third-order valence-corrected chi connectivity index (χ3v) is 5.66. The van der Waals surface area contributed by atoms with Crippen LogP contribution in [0.4, 0.5) is 15.0 Å². The second-order valence-electron chi connectivity index (χ2n) is 8.17. The third kappa shape index (κ3) is 4.91. The molecular formula is C24H23FN4O2S. The predicted octanol–water partition coefficient (Wildman–Crippen LogP) is 6.13. The Morgan fingerprint density at radius 3 is 2.62 bits per heavy atom. The van der Waals surface area contributed by atoms with Crippen LogP contribution in [-0.2, 0) is 4.74 Å². The maximum atomic E-state index is 13.0. The van der Waals surface area contributed by atoms with E-state index in [-0.39, 0.29) is 6.54 Å². The van der Waals surface area contributed by atoms with Gasteiger partial charge in [-0.2, -0.15) is 0 Å². The van der Waals surface area contributed by atoms with Gasteiger partial charge < -0.3 is 4.74 Å². The van der Waals surface area contributed by atoms with Gasteiger partial charge in [0.25, 0.3) is 0 Å². The maximum Gasteiger partial charge on any atom is 0.416 e. The van der Waals surface area contributed by atoms with E-state index in [2.05, 4.69) is 16.0 Å². The van der Waals surface area contributed by atoms with Crippen molar-refractivity contribution in [3.8, 4) is 21.7 Å². The van der Waals surface area contributed by atoms with Crippen LogP contribution >= 0.6 is 11.3 Å². The highest BCUT2D eigenvalue weighted by atomic mass is 32.1. The van der Waals surface area contributed by atoms with Crippen LogP contribution in [0.25, 0.3) is 31.9 Å². The summed E-state index contributed by atoms with van der Waals surface area (Å²) in [5.41, 5.74) is 1.94. The number of hydrogen-bond donors (Lipinski definition) is 0. The first-order valence-corrected chi connectivity index (χ1v) is 11.0. The van der Waals surface area contributed by atoms with Crippen molar-refractivity contribution >= 4 is 33.5 Å². The fourth-order valence-electron chi connectivity index (χ4n) is 3.13. The van der Waals surface area contributed by atoms with Gasteiger partial charge in [0.05, 0.1) is 12.2 Å². The van der Waals surface area contributed by atoms with E-state index in [4.69, 9.17) is 9.72 Å². The van der Waals surface area contributed by atoms with Crippen LogP contribution in [-0.4, -0.2) is 39.9 Å². The van der Waals surface area contributed by atoms with Crippen molar-refractivity contribution in [2.24, 2.45) is 0 Å². The van der Waals surface area contributed by atoms with Crippen LogP contribution < -0.4 is 4.90 Å². The van der Waals surface area contributed by atoms with Gasteiger partial charge in [-0.3, -0.25) is 9.88 Å². The molecule has 0 aliphatic heterocycles. The lowest BCUT2D eigenvalue weighted by atomic mass is 10.1. The van der Waals surface area contributed by atoms with Gasteiger partial charge in [0.1, 0.15) is 22.9 Å². The molecule has 0 radical (unpaired) electrons. The highest BCUT2D eigenvalue weighted by molar-refractivity contribution is 7.21. The fraction of sp³-hybridized carbons (Fsp3) is 0.250. The summed E-state index contributed by atoms with van der Waals surface area (Å²) in [5.74, 6) is 0.330. The number of alkyl halides is 1. The summed E-state index contributed by atoms with van der Waals surface area (Å²) in [6, 6.07) is 13.5. The van der Waals surface area contributed by atoms with E-state index in [1.54, 1.807) is 50.6 Å². The zero-order valence-corrected chi connectivity index (χ0v) is 18.9. The summed E-state index contributed by atoms with van der Waals surface area (Å²) >= 11 is 1.60. The molecule has 0 N–H and O–H groups in total. The zero-order valence-electron chi connectivity index (χ0n) is 18.1. The molecule has 8 heteroatoms. The van der Waals surface area contributed by atoms with Gasteiger partial charge in [0, 0.05) is 40.0 Å². The number of pyridine rings is 3. The zero-order chi connectivity index (χ0) is 22.7. The smallest absolute Gasteiger partial charge is 0.416 e. The first-order valence-electron chi connectivity index (χ1n) is 10.2. The number of fused-ring (bicyclic) bond motifs is 1. The number of anilines is 1. The van der Waals surface area contributed by atoms with Crippen LogP contribution in [0.15, 0.2) is 61.1 Å². The van der Waals surface area contributed by atoms with Gasteiger partial charge >= 0.3 is 6.09 Å². The molecule has 4 aromatic heterocycles. The Bertz CT molecular complexity index is 1220. The minimum Gasteiger partial charge on any atom is -0.443 e. The van der Waals surface area contributed by atoms with Crippen molar-refractivity contribution in [2.75, 3.05) is 18.1 Å². The lowest BCUT2D eigenvalue weighted by Gasteiger charge is -2.26. The molecule has 6 nitrogen and oxygen atoms in total. The largest absolute Gasteiger partial charge is 0.443 e. The molecule has 0 aliphatic carbocycles. The van der Waals surface area contributed by atoms with Gasteiger partial charge in [0.2, 0.25) is 0 Å². The minimum atomic E-state index is -0.696. The van der Waals surface area contributed by atoms with E-state index in [1.807, 2.05) is 36.5 Å². The van der Waals surface area contributed by atoms with Gasteiger partial charge in [0.15, 0.2) is 0 Å². The number of halogens is 1. The van der Waals surface area contributed by atoms with E-state index < -0.39 is 18.4 Å². The molecule has 32 heavy (non-hydrogen) atoms. The van der Waals surface area contributed by atoms with Gasteiger partial charge in [-0.25, -0.2) is 19.2 Å². The highest BCUT2D eigenvalue weighted by Crippen LogP contribution is 2.33. The van der Waals surface area contributed by atoms with E-state index in [0.717, 1.165) is 31.9 Å². The standard InChI is InChI=1S/C24H23FN4O2S/c1-24(2,3)31-23(30)29(12-10-25)21-9-7-17(15-27-21)19-8-6-16-13-20(32-22(16)28-19)18-5-4-11-26-14-18/h4-9,11,13-15H,10,12H2,1-3H3. The fourth-order valence-corrected chi connectivity index (χ4v) is 4.15. The molecule has 0 atom stereocenters. The summed E-state index contributed by atoms with van der Waals surface area (Å²) < 4.78 is 18.4. The van der Waals surface area contributed by atoms with Gasteiger partial charge in [-0.05, 0) is 57.2 Å². The van der Waals surface area contributed by atoms with Crippen molar-refractivity contribution in [3.63, 3.8) is 0 Å². The van der Waals surface area contributed by atoms with Crippen LogP contribution in [0.3, 0.4) is 0 Å². The molecule has 4 aromatic rings. The van der Waals surface area contributed by atoms with E-state index in [1.165, 1.54) is 4.90 Å². The molecule has 0 fully saturated rings. The molecule has 164 valence electrons. The predicted molar refractivity (Wildman–Crippen MR) is 126 cm³/mol. The molecule has 0 bridgehead atoms. The Morgan fingerprint density at radius 2 is 1.97 bits per heavy atom. The van der Waals surface area contributed by atoms with Crippen LogP contribution in [0.5, 0.6) is 0 Å². The Hall–Kier alpha value is -3.39. The number of hydrogen-bond acceptors (Lipinski definition) is 6. The number of ether oxygens (including phenoxy) is 1. The summed E-state index contributed by atoms with van der Waals surface area (Å²) in [6.07, 6.45) is 4.59. The monoisotopic (exact) mass is 450 g/mol. The minimum absolute atomic E-state index is 0.127. The normalized spacial score (nSPS) is 11.5. The van der Waals surface area contributed by atoms with Gasteiger partial charge in [-0.15, -0.1) is 11.3 Å². The Labute approximate surface area is 189 Å². The van der Waals surface area contributed by atoms with Gasteiger partial charge in [-0.1, -0.05) is 6.07 Å². The van der Waals surface area contributed by atoms with Crippen molar-refractivity contribution in [2.45, 2.75) is 26.4 Å². The van der Waals surface area contributed by atoms with Crippen LogP contribution in [0.1, 0.15) is 20.8 Å². The molecule has 4 heterocycles. The van der Waals surface area contributed by atoms with Crippen molar-refractivity contribution in [1.82, 2.24) is 15.0 Å². The summed E-state index contributed by atoms with van der Waals surface area (Å²) in [6.45, 7) is 4.47. The number of carbonyl (C=O) groups is 1. The average molecular weight is 451 g/mol. The lowest BCUT2D eigenvalue weighted by molar-refractivity contribution is 0.0577. The van der Waals surface area contributed by atoms with E-state index >= 15 is 0 Å². The molecule has 0 saturated heterocycles. The lowest BCUT2D eigenvalue weighted by Crippen LogP contribution is -2.38. The number of amides is 1. The first-order chi connectivity index (χ1) is 15.3. The molecule has 0 saturated carbocycles. The molecule has 0 spiro atoms. The molecule has 0 unspecified atom stereocenters. The van der Waals surface area contributed by atoms with Crippen molar-refractivity contribution < 1.29 is 13.9 Å². The number of rotatable bonds is 5. The number of aromatic nitrogens is 3. The summed E-state index contributed by atoms with van der Waals surface area (Å²) in [7, 11) is 0. The van der Waals surface area contributed by atoms with Crippen LogP contribution in [0, 0.1) is 0 Å². The number of thiophene rings is 1.